The van der Waals surface area contributed by atoms with Gasteiger partial charge < -0.3 is 10.1 Å². The number of amides is 1. The van der Waals surface area contributed by atoms with Gasteiger partial charge in [-0.05, 0) is 38.8 Å². The summed E-state index contributed by atoms with van der Waals surface area (Å²) < 4.78 is 18.9. The first-order valence-corrected chi connectivity index (χ1v) is 7.49. The molecule has 6 heteroatoms. The van der Waals surface area contributed by atoms with Gasteiger partial charge in [-0.3, -0.25) is 9.78 Å². The molecule has 0 aliphatic heterocycles. The van der Waals surface area contributed by atoms with Crippen molar-refractivity contribution >= 4 is 11.7 Å². The standard InChI is InChI=1S/C17H20FN3O2/c1-4-23-11(2)7-13-5-6-16(20-8-13)21-17(22)14-9-19-10-15(18)12(14)3/h5-6,8-11H,4,7H2,1-3H3,(H,20,21,22). The summed E-state index contributed by atoms with van der Waals surface area (Å²) in [5.74, 6) is -0.533. The number of anilines is 1. The summed E-state index contributed by atoms with van der Waals surface area (Å²) in [5, 5.41) is 2.64. The molecular formula is C17H20FN3O2. The quantitative estimate of drug-likeness (QED) is 0.889. The summed E-state index contributed by atoms with van der Waals surface area (Å²) >= 11 is 0. The van der Waals surface area contributed by atoms with Crippen LogP contribution in [-0.4, -0.2) is 28.6 Å². The first-order valence-electron chi connectivity index (χ1n) is 7.49. The van der Waals surface area contributed by atoms with Crippen LogP contribution in [0.3, 0.4) is 0 Å². The molecule has 2 heterocycles. The fourth-order valence-corrected chi connectivity index (χ4v) is 2.21. The summed E-state index contributed by atoms with van der Waals surface area (Å²) in [6, 6.07) is 3.60. The van der Waals surface area contributed by atoms with E-state index in [1.54, 1.807) is 12.3 Å². The van der Waals surface area contributed by atoms with Crippen LogP contribution >= 0.6 is 0 Å². The molecule has 0 aromatic carbocycles. The molecule has 1 N–H and O–H groups in total. The zero-order chi connectivity index (χ0) is 16.8. The summed E-state index contributed by atoms with van der Waals surface area (Å²) in [4.78, 5) is 20.1. The van der Waals surface area contributed by atoms with Crippen molar-refractivity contribution < 1.29 is 13.9 Å². The molecule has 5 nitrogen and oxygen atoms in total. The second-order valence-electron chi connectivity index (χ2n) is 5.27. The molecule has 0 aliphatic carbocycles. The number of nitrogens with one attached hydrogen (secondary N) is 1. The van der Waals surface area contributed by atoms with Gasteiger partial charge in [0.1, 0.15) is 11.6 Å². The van der Waals surface area contributed by atoms with Crippen molar-refractivity contribution in [2.75, 3.05) is 11.9 Å². The zero-order valence-corrected chi connectivity index (χ0v) is 13.5. The van der Waals surface area contributed by atoms with Crippen molar-refractivity contribution in [1.29, 1.82) is 0 Å². The van der Waals surface area contributed by atoms with Crippen LogP contribution in [0.4, 0.5) is 10.2 Å². The van der Waals surface area contributed by atoms with E-state index in [2.05, 4.69) is 15.3 Å². The van der Waals surface area contributed by atoms with Crippen molar-refractivity contribution in [2.24, 2.45) is 0 Å². The maximum absolute atomic E-state index is 13.4. The Morgan fingerprint density at radius 1 is 1.35 bits per heavy atom. The lowest BCUT2D eigenvalue weighted by atomic mass is 10.1. The van der Waals surface area contributed by atoms with E-state index in [1.807, 2.05) is 19.9 Å². The topological polar surface area (TPSA) is 64.1 Å². The minimum Gasteiger partial charge on any atom is -0.378 e. The van der Waals surface area contributed by atoms with Gasteiger partial charge in [0, 0.05) is 24.6 Å². The number of ether oxygens (including phenoxy) is 1. The highest BCUT2D eigenvalue weighted by atomic mass is 19.1. The number of halogens is 1. The van der Waals surface area contributed by atoms with Gasteiger partial charge in [-0.2, -0.15) is 0 Å². The molecule has 0 bridgehead atoms. The van der Waals surface area contributed by atoms with E-state index in [4.69, 9.17) is 4.74 Å². The highest BCUT2D eigenvalue weighted by Gasteiger charge is 2.13. The maximum atomic E-state index is 13.4. The van der Waals surface area contributed by atoms with Crippen molar-refractivity contribution in [3.63, 3.8) is 0 Å². The van der Waals surface area contributed by atoms with Gasteiger partial charge in [0.2, 0.25) is 0 Å². The average Bonchev–Trinajstić information content (AvgIpc) is 2.52. The van der Waals surface area contributed by atoms with E-state index < -0.39 is 11.7 Å². The smallest absolute Gasteiger partial charge is 0.258 e. The molecule has 0 aliphatic rings. The minimum absolute atomic E-state index is 0.114. The van der Waals surface area contributed by atoms with E-state index >= 15 is 0 Å². The lowest BCUT2D eigenvalue weighted by Gasteiger charge is -2.12. The minimum atomic E-state index is -0.508. The van der Waals surface area contributed by atoms with E-state index in [0.29, 0.717) is 12.4 Å². The number of carbonyl (C=O) groups excluding carboxylic acids is 1. The van der Waals surface area contributed by atoms with E-state index in [1.165, 1.54) is 13.1 Å². The summed E-state index contributed by atoms with van der Waals surface area (Å²) in [5.41, 5.74) is 1.48. The van der Waals surface area contributed by atoms with E-state index in [0.717, 1.165) is 18.2 Å². The van der Waals surface area contributed by atoms with Gasteiger partial charge in [0.25, 0.3) is 5.91 Å². The van der Waals surface area contributed by atoms with Gasteiger partial charge in [-0.1, -0.05) is 6.07 Å². The molecule has 0 radical (unpaired) electrons. The first kappa shape index (κ1) is 17.0. The molecule has 0 saturated heterocycles. The van der Waals surface area contributed by atoms with Crippen LogP contribution in [0, 0.1) is 12.7 Å². The molecule has 2 rings (SSSR count). The van der Waals surface area contributed by atoms with Crippen LogP contribution in [0.15, 0.2) is 30.7 Å². The number of rotatable bonds is 6. The molecule has 23 heavy (non-hydrogen) atoms. The Bertz CT molecular complexity index is 674. The lowest BCUT2D eigenvalue weighted by molar-refractivity contribution is 0.0768. The summed E-state index contributed by atoms with van der Waals surface area (Å²) in [6.07, 6.45) is 4.98. The predicted molar refractivity (Wildman–Crippen MR) is 85.9 cm³/mol. The van der Waals surface area contributed by atoms with Crippen molar-refractivity contribution in [3.05, 3.63) is 53.2 Å². The van der Waals surface area contributed by atoms with Crippen LogP contribution in [0.2, 0.25) is 0 Å². The fraction of sp³-hybridized carbons (Fsp3) is 0.353. The number of aromatic nitrogens is 2. The largest absolute Gasteiger partial charge is 0.378 e. The Hall–Kier alpha value is -2.34. The summed E-state index contributed by atoms with van der Waals surface area (Å²) in [7, 11) is 0. The van der Waals surface area contributed by atoms with E-state index in [9.17, 15) is 9.18 Å². The highest BCUT2D eigenvalue weighted by Crippen LogP contribution is 2.13. The summed E-state index contributed by atoms with van der Waals surface area (Å²) in [6.45, 7) is 6.16. The molecule has 2 aromatic rings. The number of hydrogen-bond donors (Lipinski definition) is 1. The number of carbonyl (C=O) groups is 1. The van der Waals surface area contributed by atoms with Crippen molar-refractivity contribution in [3.8, 4) is 0 Å². The monoisotopic (exact) mass is 317 g/mol. The van der Waals surface area contributed by atoms with Crippen LogP contribution in [0.5, 0.6) is 0 Å². The van der Waals surface area contributed by atoms with Crippen LogP contribution in [-0.2, 0) is 11.2 Å². The normalized spacial score (nSPS) is 12.0. The maximum Gasteiger partial charge on any atom is 0.258 e. The third kappa shape index (κ3) is 4.56. The molecule has 0 fully saturated rings. The predicted octanol–water partition coefficient (Wildman–Crippen LogP) is 3.14. The Labute approximate surface area is 134 Å². The van der Waals surface area contributed by atoms with Gasteiger partial charge in [-0.15, -0.1) is 0 Å². The molecule has 2 aromatic heterocycles. The third-order valence-corrected chi connectivity index (χ3v) is 3.44. The number of hydrogen-bond acceptors (Lipinski definition) is 4. The molecule has 1 atom stereocenters. The lowest BCUT2D eigenvalue weighted by Crippen LogP contribution is -2.16. The molecule has 122 valence electrons. The molecule has 1 unspecified atom stereocenters. The van der Waals surface area contributed by atoms with Crippen LogP contribution in [0.25, 0.3) is 0 Å². The van der Waals surface area contributed by atoms with Crippen molar-refractivity contribution in [2.45, 2.75) is 33.3 Å². The fourth-order valence-electron chi connectivity index (χ4n) is 2.21. The molecule has 1 amide bonds. The molecule has 0 spiro atoms. The Kier molecular flexibility index (Phi) is 5.76. The van der Waals surface area contributed by atoms with Gasteiger partial charge in [0.05, 0.1) is 17.9 Å². The van der Waals surface area contributed by atoms with E-state index in [-0.39, 0.29) is 17.2 Å². The molecular weight excluding hydrogens is 297 g/mol. The van der Waals surface area contributed by atoms with Crippen LogP contribution < -0.4 is 5.32 Å². The van der Waals surface area contributed by atoms with Crippen molar-refractivity contribution in [1.82, 2.24) is 9.97 Å². The average molecular weight is 317 g/mol. The third-order valence-electron chi connectivity index (χ3n) is 3.44. The van der Waals surface area contributed by atoms with Gasteiger partial charge in [0.15, 0.2) is 0 Å². The SMILES string of the molecule is CCOC(C)Cc1ccc(NC(=O)c2cncc(F)c2C)nc1. The molecule has 0 saturated carbocycles. The van der Waals surface area contributed by atoms with Gasteiger partial charge >= 0.3 is 0 Å². The Morgan fingerprint density at radius 3 is 2.78 bits per heavy atom. The Balaban J connectivity index is 2.03. The van der Waals surface area contributed by atoms with Gasteiger partial charge in [-0.25, -0.2) is 9.37 Å². The second-order valence-corrected chi connectivity index (χ2v) is 5.27. The second kappa shape index (κ2) is 7.78. The zero-order valence-electron chi connectivity index (χ0n) is 13.5. The first-order chi connectivity index (χ1) is 11.0. The van der Waals surface area contributed by atoms with Crippen LogP contribution in [0.1, 0.15) is 35.3 Å². The highest BCUT2D eigenvalue weighted by molar-refractivity contribution is 6.04. The Morgan fingerprint density at radius 2 is 2.13 bits per heavy atom. The number of pyridine rings is 2. The number of nitrogens with zero attached hydrogens (tertiary/aromatic N) is 2.